The summed E-state index contributed by atoms with van der Waals surface area (Å²) in [7, 11) is -4.23. The molecule has 0 spiro atoms. The Morgan fingerprint density at radius 3 is 2.50 bits per heavy atom. The Morgan fingerprint density at radius 1 is 1.33 bits per heavy atom. The number of carboxylic acid groups (broad SMARTS) is 1. The summed E-state index contributed by atoms with van der Waals surface area (Å²) in [6.45, 7) is 0.809. The lowest BCUT2D eigenvalue weighted by Crippen LogP contribution is -2.59. The van der Waals surface area contributed by atoms with Gasteiger partial charge >= 0.3 is 11.9 Å². The van der Waals surface area contributed by atoms with E-state index in [0.29, 0.717) is 5.56 Å². The number of ether oxygens (including phenoxy) is 1. The second-order valence-corrected chi connectivity index (χ2v) is 8.40. The van der Waals surface area contributed by atoms with Gasteiger partial charge in [0, 0.05) is 0 Å². The first kappa shape index (κ1) is 16.4. The van der Waals surface area contributed by atoms with Crippen molar-refractivity contribution >= 4 is 27.7 Å². The van der Waals surface area contributed by atoms with E-state index in [2.05, 4.69) is 0 Å². The van der Waals surface area contributed by atoms with Crippen LogP contribution in [-0.4, -0.2) is 52.4 Å². The van der Waals surface area contributed by atoms with Crippen molar-refractivity contribution in [2.24, 2.45) is 0 Å². The summed E-state index contributed by atoms with van der Waals surface area (Å²) < 4.78 is 27.6. The molecule has 1 aromatic rings. The van der Waals surface area contributed by atoms with E-state index in [1.165, 1.54) is 0 Å². The minimum absolute atomic E-state index is 0.140. The minimum atomic E-state index is -4.23. The molecule has 3 rings (SSSR count). The lowest BCUT2D eigenvalue weighted by atomic mass is 9.96. The average Bonchev–Trinajstić information content (AvgIpc) is 2.68. The van der Waals surface area contributed by atoms with Gasteiger partial charge in [0.05, 0.1) is 6.42 Å². The van der Waals surface area contributed by atoms with Gasteiger partial charge in [-0.1, -0.05) is 30.3 Å². The van der Waals surface area contributed by atoms with Crippen molar-refractivity contribution in [3.05, 3.63) is 35.9 Å². The number of esters is 1. The van der Waals surface area contributed by atoms with Crippen LogP contribution >= 0.6 is 0 Å². The third-order valence-electron chi connectivity index (χ3n) is 4.57. The molecule has 2 heterocycles. The van der Waals surface area contributed by atoms with Crippen LogP contribution in [0.15, 0.2) is 30.3 Å². The summed E-state index contributed by atoms with van der Waals surface area (Å²) >= 11 is 0. The van der Waals surface area contributed by atoms with Crippen molar-refractivity contribution in [1.29, 1.82) is 0 Å². The van der Waals surface area contributed by atoms with Crippen molar-refractivity contribution in [1.82, 2.24) is 4.90 Å². The molecule has 3 atom stereocenters. The first-order valence-corrected chi connectivity index (χ1v) is 8.74. The second kappa shape index (κ2) is 5.30. The first-order chi connectivity index (χ1) is 11.2. The number of hydrogen-bond donors (Lipinski definition) is 1. The second-order valence-electron chi connectivity index (χ2n) is 5.91. The number of carbonyl (C=O) groups excluding carboxylic acids is 2. The van der Waals surface area contributed by atoms with Crippen LogP contribution in [-0.2, 0) is 35.6 Å². The molecular formula is C15H15NO7S. The zero-order valence-corrected chi connectivity index (χ0v) is 13.5. The zero-order valence-electron chi connectivity index (χ0n) is 12.7. The van der Waals surface area contributed by atoms with Crippen LogP contribution < -0.4 is 0 Å². The van der Waals surface area contributed by atoms with Crippen LogP contribution in [0.2, 0.25) is 0 Å². The highest BCUT2D eigenvalue weighted by Crippen LogP contribution is 2.46. The maximum absolute atomic E-state index is 12.5. The molecule has 2 saturated heterocycles. The Morgan fingerprint density at radius 2 is 1.96 bits per heavy atom. The molecule has 24 heavy (non-hydrogen) atoms. The Hall–Kier alpha value is -2.42. The van der Waals surface area contributed by atoms with Gasteiger partial charge in [0.2, 0.25) is 5.91 Å². The topological polar surface area (TPSA) is 118 Å². The van der Waals surface area contributed by atoms with E-state index in [9.17, 15) is 27.9 Å². The van der Waals surface area contributed by atoms with Gasteiger partial charge < -0.3 is 14.7 Å². The third kappa shape index (κ3) is 2.04. The van der Waals surface area contributed by atoms with E-state index < -0.39 is 43.8 Å². The highest BCUT2D eigenvalue weighted by molar-refractivity contribution is 7.94. The number of hydrogen-bond acceptors (Lipinski definition) is 6. The van der Waals surface area contributed by atoms with E-state index in [0.717, 1.165) is 11.8 Å². The van der Waals surface area contributed by atoms with Gasteiger partial charge in [0.15, 0.2) is 20.6 Å². The average molecular weight is 353 g/mol. The van der Waals surface area contributed by atoms with Gasteiger partial charge in [-0.25, -0.2) is 13.2 Å². The molecule has 2 fully saturated rings. The Kier molecular flexibility index (Phi) is 3.63. The fourth-order valence-electron chi connectivity index (χ4n) is 3.06. The molecule has 1 aromatic carbocycles. The maximum atomic E-state index is 12.5. The van der Waals surface area contributed by atoms with Crippen LogP contribution in [0, 0.1) is 0 Å². The smallest absolute Gasteiger partial charge is 0.331 e. The molecule has 8 nitrogen and oxygen atoms in total. The predicted octanol–water partition coefficient (Wildman–Crippen LogP) is -0.0715. The van der Waals surface area contributed by atoms with Gasteiger partial charge in [0.1, 0.15) is 12.0 Å². The molecule has 0 radical (unpaired) electrons. The molecule has 128 valence electrons. The van der Waals surface area contributed by atoms with E-state index >= 15 is 0 Å². The summed E-state index contributed by atoms with van der Waals surface area (Å²) in [5, 5.41) is 8.16. The van der Waals surface area contributed by atoms with Gasteiger partial charge in [-0.15, -0.1) is 0 Å². The predicted molar refractivity (Wildman–Crippen MR) is 80.2 cm³/mol. The Labute approximate surface area is 137 Å². The van der Waals surface area contributed by atoms with E-state index in [-0.39, 0.29) is 13.0 Å². The van der Waals surface area contributed by atoms with Gasteiger partial charge in [-0.3, -0.25) is 9.59 Å². The van der Waals surface area contributed by atoms with Crippen molar-refractivity contribution in [2.45, 2.75) is 36.1 Å². The molecule has 0 saturated carbocycles. The molecule has 9 heteroatoms. The number of carboxylic acids is 1. The number of aliphatic carboxylic acids is 1. The van der Waals surface area contributed by atoms with Crippen LogP contribution in [0.3, 0.4) is 0 Å². The third-order valence-corrected chi connectivity index (χ3v) is 7.26. The summed E-state index contributed by atoms with van der Waals surface area (Å²) in [6.07, 6.45) is -0.312. The molecule has 0 aromatic heterocycles. The number of amides is 1. The number of β-lactam (4-membered cyclic amide) rings is 1. The van der Waals surface area contributed by atoms with Crippen molar-refractivity contribution in [2.75, 3.05) is 0 Å². The fraction of sp³-hybridized carbons (Fsp3) is 0.400. The fourth-order valence-corrected chi connectivity index (χ4v) is 5.29. The molecule has 0 unspecified atom stereocenters. The van der Waals surface area contributed by atoms with Gasteiger partial charge in [-0.2, -0.15) is 0 Å². The summed E-state index contributed by atoms with van der Waals surface area (Å²) in [6, 6.07) is 6.97. The summed E-state index contributed by atoms with van der Waals surface area (Å²) in [4.78, 5) is 36.6. The van der Waals surface area contributed by atoms with Crippen molar-refractivity contribution < 1.29 is 32.6 Å². The van der Waals surface area contributed by atoms with E-state index in [1.54, 1.807) is 30.3 Å². The van der Waals surface area contributed by atoms with Gasteiger partial charge in [0.25, 0.3) is 0 Å². The zero-order chi connectivity index (χ0) is 17.7. The number of benzene rings is 1. The van der Waals surface area contributed by atoms with Crippen LogP contribution in [0.25, 0.3) is 0 Å². The van der Waals surface area contributed by atoms with Crippen LogP contribution in [0.1, 0.15) is 18.9 Å². The molecule has 1 amide bonds. The molecular weight excluding hydrogens is 338 g/mol. The Bertz CT molecular complexity index is 819. The monoisotopic (exact) mass is 353 g/mol. The van der Waals surface area contributed by atoms with Crippen LogP contribution in [0.5, 0.6) is 0 Å². The highest BCUT2D eigenvalue weighted by Gasteiger charge is 2.73. The van der Waals surface area contributed by atoms with Gasteiger partial charge in [-0.05, 0) is 12.5 Å². The SMILES string of the molecule is C[C@]1(C(=O)O)[C@H](C(=O)OCc2ccccc2)N2C(=O)C[C@H]2S1(=O)=O. The molecule has 0 aliphatic carbocycles. The summed E-state index contributed by atoms with van der Waals surface area (Å²) in [5.41, 5.74) is 0.662. The minimum Gasteiger partial charge on any atom is -0.480 e. The van der Waals surface area contributed by atoms with Crippen molar-refractivity contribution in [3.63, 3.8) is 0 Å². The number of sulfone groups is 1. The van der Waals surface area contributed by atoms with E-state index in [1.807, 2.05) is 0 Å². The van der Waals surface area contributed by atoms with E-state index in [4.69, 9.17) is 4.74 Å². The lowest BCUT2D eigenvalue weighted by molar-refractivity contribution is -0.165. The molecule has 2 aliphatic heterocycles. The van der Waals surface area contributed by atoms with Crippen molar-refractivity contribution in [3.8, 4) is 0 Å². The standard InChI is InChI=1S/C15H15NO7S/c1-15(14(19)20)12(16-10(17)7-11(16)24(15,21)22)13(18)23-8-9-5-3-2-4-6-9/h2-6,11-12H,7-8H2,1H3,(H,19,20)/t11-,12+,15-/m1/s1. The van der Waals surface area contributed by atoms with Crippen LogP contribution in [0.4, 0.5) is 0 Å². The number of carbonyl (C=O) groups is 3. The quantitative estimate of drug-likeness (QED) is 0.594. The molecule has 1 N–H and O–H groups in total. The normalized spacial score (nSPS) is 30.4. The largest absolute Gasteiger partial charge is 0.480 e. The number of rotatable bonds is 4. The first-order valence-electron chi connectivity index (χ1n) is 7.20. The number of nitrogens with zero attached hydrogens (tertiary/aromatic N) is 1. The molecule has 0 bridgehead atoms. The maximum Gasteiger partial charge on any atom is 0.331 e. The Balaban J connectivity index is 1.90. The summed E-state index contributed by atoms with van der Waals surface area (Å²) in [5.74, 6) is -3.29. The number of fused-ring (bicyclic) bond motifs is 1. The molecule has 2 aliphatic rings. The lowest BCUT2D eigenvalue weighted by Gasteiger charge is -2.35. The highest BCUT2D eigenvalue weighted by atomic mass is 32.2.